The predicted molar refractivity (Wildman–Crippen MR) is 130 cm³/mol. The molecule has 34 heavy (non-hydrogen) atoms. The van der Waals surface area contributed by atoms with Gasteiger partial charge in [-0.05, 0) is 47.0 Å². The van der Waals surface area contributed by atoms with Crippen molar-refractivity contribution in [3.8, 4) is 0 Å². The number of carbonyl (C=O) groups is 3. The van der Waals surface area contributed by atoms with Gasteiger partial charge >= 0.3 is 6.09 Å². The number of hydrogen-bond donors (Lipinski definition) is 4. The van der Waals surface area contributed by atoms with Gasteiger partial charge in [-0.3, -0.25) is 19.2 Å². The van der Waals surface area contributed by atoms with E-state index in [1.165, 1.54) is 19.9 Å². The van der Waals surface area contributed by atoms with E-state index in [0.29, 0.717) is 12.8 Å². The lowest BCUT2D eigenvalue weighted by Gasteiger charge is -2.26. The highest BCUT2D eigenvalue weighted by molar-refractivity contribution is 7.90. The number of hydrazine groups is 1. The van der Waals surface area contributed by atoms with Crippen LogP contribution in [0.5, 0.6) is 0 Å². The highest BCUT2D eigenvalue weighted by atomic mass is 32.2. The molecule has 0 radical (unpaired) electrons. The van der Waals surface area contributed by atoms with E-state index in [0.717, 1.165) is 0 Å². The second kappa shape index (κ2) is 14.4. The van der Waals surface area contributed by atoms with Crippen molar-refractivity contribution >= 4 is 27.9 Å². The number of rotatable bonds is 14. The maximum Gasteiger partial charge on any atom is 0.422 e. The zero-order valence-electron chi connectivity index (χ0n) is 21.6. The Morgan fingerprint density at radius 3 is 2.12 bits per heavy atom. The number of amides is 2. The summed E-state index contributed by atoms with van der Waals surface area (Å²) in [4.78, 5) is 37.1. The number of allylic oxidation sites excluding steroid dienone is 1. The van der Waals surface area contributed by atoms with E-state index >= 15 is 0 Å². The van der Waals surface area contributed by atoms with Crippen LogP contribution < -0.4 is 21.9 Å². The normalized spacial score (nSPS) is 15.4. The summed E-state index contributed by atoms with van der Waals surface area (Å²) in [5, 5.41) is 2.46. The lowest BCUT2D eigenvalue weighted by Crippen LogP contribution is -2.53. The van der Waals surface area contributed by atoms with Crippen LogP contribution in [0.3, 0.4) is 0 Å². The smallest absolute Gasteiger partial charge is 0.422 e. The fourth-order valence-electron chi connectivity index (χ4n) is 2.88. The molecular formula is C22H42N4O7S. The average molecular weight is 507 g/mol. The number of hydrogen-bond acceptors (Lipinski definition) is 9. The monoisotopic (exact) mass is 506 g/mol. The second-order valence-corrected chi connectivity index (χ2v) is 11.0. The molecule has 11 nitrogen and oxygen atoms in total. The molecule has 0 heterocycles. The third-order valence-electron chi connectivity index (χ3n) is 4.50. The standard InChI is InChI=1S/C22H42N4O7S/c1-9-11-16(12-17(34(30,31)32-10-2)13-24-20(28)15(5)23)19(27)18(14(3)4)25-26-21(29)33-22(6,7)8/h12,14-16,18,25H,9-11,13,23H2,1-8H3,(H,24,28)(H,26,29)/t15-,16-,18-/m0/s1. The molecule has 0 spiro atoms. The third-order valence-corrected chi connectivity index (χ3v) is 5.97. The van der Waals surface area contributed by atoms with Crippen molar-refractivity contribution in [3.05, 3.63) is 11.0 Å². The molecule has 0 aliphatic rings. The van der Waals surface area contributed by atoms with Gasteiger partial charge in [0.15, 0.2) is 5.78 Å². The quantitative estimate of drug-likeness (QED) is 0.203. The van der Waals surface area contributed by atoms with E-state index < -0.39 is 45.7 Å². The summed E-state index contributed by atoms with van der Waals surface area (Å²) in [5.74, 6) is -1.92. The summed E-state index contributed by atoms with van der Waals surface area (Å²) in [7, 11) is -4.19. The van der Waals surface area contributed by atoms with Crippen molar-refractivity contribution in [1.29, 1.82) is 0 Å². The molecule has 5 N–H and O–H groups in total. The van der Waals surface area contributed by atoms with Gasteiger partial charge in [0.2, 0.25) is 5.91 Å². The lowest BCUT2D eigenvalue weighted by molar-refractivity contribution is -0.125. The molecule has 0 aromatic rings. The van der Waals surface area contributed by atoms with Crippen LogP contribution >= 0.6 is 0 Å². The van der Waals surface area contributed by atoms with Crippen LogP contribution in [0.2, 0.25) is 0 Å². The Kier molecular flexibility index (Phi) is 13.5. The second-order valence-electron chi connectivity index (χ2n) is 9.29. The summed E-state index contributed by atoms with van der Waals surface area (Å²) in [6, 6.07) is -1.66. The van der Waals surface area contributed by atoms with Crippen LogP contribution in [0.4, 0.5) is 4.79 Å². The summed E-state index contributed by atoms with van der Waals surface area (Å²) < 4.78 is 35.4. The zero-order valence-corrected chi connectivity index (χ0v) is 22.4. The van der Waals surface area contributed by atoms with E-state index in [2.05, 4.69) is 16.2 Å². The fraction of sp³-hybridized carbons (Fsp3) is 0.773. The molecule has 2 amide bonds. The van der Waals surface area contributed by atoms with Crippen molar-refractivity contribution < 1.29 is 31.7 Å². The van der Waals surface area contributed by atoms with Gasteiger partial charge < -0.3 is 15.8 Å². The van der Waals surface area contributed by atoms with Gasteiger partial charge in [-0.2, -0.15) is 8.42 Å². The van der Waals surface area contributed by atoms with Crippen LogP contribution in [0.1, 0.15) is 68.2 Å². The average Bonchev–Trinajstić information content (AvgIpc) is 2.67. The molecular weight excluding hydrogens is 464 g/mol. The minimum atomic E-state index is -4.19. The molecule has 0 aliphatic heterocycles. The summed E-state index contributed by atoms with van der Waals surface area (Å²) in [6.45, 7) is 13.1. The van der Waals surface area contributed by atoms with E-state index in [1.807, 2.05) is 6.92 Å². The first-order valence-corrected chi connectivity index (χ1v) is 12.9. The molecule has 0 rings (SSSR count). The van der Waals surface area contributed by atoms with Crippen LogP contribution in [0.25, 0.3) is 0 Å². The molecule has 0 aromatic carbocycles. The van der Waals surface area contributed by atoms with Crippen molar-refractivity contribution in [2.75, 3.05) is 13.2 Å². The van der Waals surface area contributed by atoms with Crippen molar-refractivity contribution in [1.82, 2.24) is 16.2 Å². The van der Waals surface area contributed by atoms with Gasteiger partial charge in [-0.25, -0.2) is 10.2 Å². The van der Waals surface area contributed by atoms with Gasteiger partial charge in [0.05, 0.1) is 30.1 Å². The summed E-state index contributed by atoms with van der Waals surface area (Å²) in [5.41, 5.74) is 9.92. The number of nitrogens with two attached hydrogens (primary N) is 1. The van der Waals surface area contributed by atoms with Crippen molar-refractivity contribution in [2.24, 2.45) is 17.6 Å². The van der Waals surface area contributed by atoms with Crippen molar-refractivity contribution in [2.45, 2.75) is 85.9 Å². The molecule has 0 bridgehead atoms. The number of carbonyl (C=O) groups excluding carboxylic acids is 3. The van der Waals surface area contributed by atoms with Crippen LogP contribution in [0, 0.1) is 11.8 Å². The Bertz CT molecular complexity index is 818. The van der Waals surface area contributed by atoms with E-state index in [9.17, 15) is 22.8 Å². The Labute approximate surface area is 203 Å². The SMILES string of the molecule is CCC[C@@H](C=C(CNC(=O)[C@H](C)N)S(=O)(=O)OCC)C(=O)[C@@H](NNC(=O)OC(C)(C)C)C(C)C. The Balaban J connectivity index is 5.94. The predicted octanol–water partition coefficient (Wildman–Crippen LogP) is 1.74. The molecule has 0 aliphatic carbocycles. The van der Waals surface area contributed by atoms with Gasteiger partial charge in [-0.15, -0.1) is 0 Å². The third kappa shape index (κ3) is 11.9. The number of nitrogens with one attached hydrogen (secondary N) is 3. The molecule has 0 aromatic heterocycles. The Morgan fingerprint density at radius 1 is 1.09 bits per heavy atom. The number of ketones is 1. The van der Waals surface area contributed by atoms with Gasteiger partial charge in [0.1, 0.15) is 5.60 Å². The fourth-order valence-corrected chi connectivity index (χ4v) is 3.92. The Morgan fingerprint density at radius 2 is 1.68 bits per heavy atom. The first kappa shape index (κ1) is 32.0. The van der Waals surface area contributed by atoms with E-state index in [4.69, 9.17) is 14.7 Å². The van der Waals surface area contributed by atoms with Crippen LogP contribution in [0.15, 0.2) is 11.0 Å². The zero-order chi connectivity index (χ0) is 26.7. The van der Waals surface area contributed by atoms with Crippen LogP contribution in [-0.4, -0.2) is 57.0 Å². The van der Waals surface area contributed by atoms with Crippen LogP contribution in [-0.2, 0) is 28.6 Å². The molecule has 198 valence electrons. The number of ether oxygens (including phenoxy) is 1. The molecule has 0 saturated heterocycles. The van der Waals surface area contributed by atoms with Crippen molar-refractivity contribution in [3.63, 3.8) is 0 Å². The van der Waals surface area contributed by atoms with E-state index in [-0.39, 0.29) is 29.8 Å². The van der Waals surface area contributed by atoms with E-state index in [1.54, 1.807) is 34.6 Å². The largest absolute Gasteiger partial charge is 0.443 e. The highest BCUT2D eigenvalue weighted by Crippen LogP contribution is 2.20. The van der Waals surface area contributed by atoms with Gasteiger partial charge in [0, 0.05) is 5.92 Å². The molecule has 3 atom stereocenters. The molecule has 0 unspecified atom stereocenters. The summed E-state index contributed by atoms with van der Waals surface area (Å²) in [6.07, 6.45) is 1.50. The molecule has 12 heteroatoms. The molecule has 0 fully saturated rings. The topological polar surface area (TPSA) is 166 Å². The summed E-state index contributed by atoms with van der Waals surface area (Å²) >= 11 is 0. The van der Waals surface area contributed by atoms with Gasteiger partial charge in [0.25, 0.3) is 10.1 Å². The Hall–Kier alpha value is -2.02. The maximum absolute atomic E-state index is 13.4. The first-order chi connectivity index (χ1) is 15.6. The molecule has 0 saturated carbocycles. The number of Topliss-reactive ketones (excluding diaryl/α,β-unsaturated/α-hetero) is 1. The minimum Gasteiger partial charge on any atom is -0.443 e. The maximum atomic E-state index is 13.4. The minimum absolute atomic E-state index is 0.108. The highest BCUT2D eigenvalue weighted by Gasteiger charge is 2.31. The first-order valence-electron chi connectivity index (χ1n) is 11.5. The van der Waals surface area contributed by atoms with Gasteiger partial charge in [-0.1, -0.05) is 33.3 Å². The lowest BCUT2D eigenvalue weighted by atomic mass is 9.88.